The van der Waals surface area contributed by atoms with E-state index in [-0.39, 0.29) is 17.2 Å². The number of carbonyl (C=O) groups excluding carboxylic acids is 1. The average molecular weight is 257 g/mol. The molecule has 0 aromatic heterocycles. The lowest BCUT2D eigenvalue weighted by molar-refractivity contribution is -0.131. The molecule has 2 N–H and O–H groups in total. The van der Waals surface area contributed by atoms with Gasteiger partial charge in [0.25, 0.3) is 0 Å². The van der Waals surface area contributed by atoms with Crippen molar-refractivity contribution in [1.82, 2.24) is 5.32 Å². The zero-order valence-corrected chi connectivity index (χ0v) is 13.1. The lowest BCUT2D eigenvalue weighted by atomic mass is 9.82. The monoisotopic (exact) mass is 257 g/mol. The number of hydrogen-bond donors (Lipinski definition) is 2. The Balaban J connectivity index is 4.42. The van der Waals surface area contributed by atoms with E-state index in [9.17, 15) is 9.90 Å². The van der Waals surface area contributed by atoms with Gasteiger partial charge in [0.15, 0.2) is 0 Å². The SMILES string of the molecule is CCC(C)C(C)(O)CNC(=O)C(C)(C)CC(C)C. The number of hydrogen-bond acceptors (Lipinski definition) is 2. The summed E-state index contributed by atoms with van der Waals surface area (Å²) in [4.78, 5) is 12.1. The molecule has 0 aromatic rings. The molecule has 2 atom stereocenters. The van der Waals surface area contributed by atoms with Crippen LogP contribution in [0.3, 0.4) is 0 Å². The number of aliphatic hydroxyl groups is 1. The Kier molecular flexibility index (Phi) is 6.35. The summed E-state index contributed by atoms with van der Waals surface area (Å²) in [6, 6.07) is 0. The van der Waals surface area contributed by atoms with Crippen molar-refractivity contribution in [2.75, 3.05) is 6.54 Å². The zero-order chi connectivity index (χ0) is 14.6. The number of rotatable bonds is 7. The molecule has 0 fully saturated rings. The van der Waals surface area contributed by atoms with Gasteiger partial charge in [0.2, 0.25) is 5.91 Å². The third-order valence-corrected chi connectivity index (χ3v) is 3.81. The Bertz CT molecular complexity index is 270. The average Bonchev–Trinajstić information content (AvgIpc) is 2.22. The predicted octanol–water partition coefficient (Wildman–Crippen LogP) is 2.97. The van der Waals surface area contributed by atoms with E-state index in [1.165, 1.54) is 0 Å². The first-order chi connectivity index (χ1) is 8.03. The van der Waals surface area contributed by atoms with E-state index in [1.807, 2.05) is 27.7 Å². The standard InChI is InChI=1S/C15H31NO2/c1-8-12(4)15(7,18)10-16-13(17)14(5,6)9-11(2)3/h11-12,18H,8-10H2,1-7H3,(H,16,17). The van der Waals surface area contributed by atoms with Crippen LogP contribution in [0.15, 0.2) is 0 Å². The first-order valence-corrected chi connectivity index (χ1v) is 7.03. The van der Waals surface area contributed by atoms with Gasteiger partial charge in [-0.25, -0.2) is 0 Å². The minimum atomic E-state index is -0.835. The van der Waals surface area contributed by atoms with Crippen LogP contribution in [0.25, 0.3) is 0 Å². The molecule has 108 valence electrons. The van der Waals surface area contributed by atoms with Crippen LogP contribution in [-0.2, 0) is 4.79 Å². The van der Waals surface area contributed by atoms with E-state index < -0.39 is 5.60 Å². The second kappa shape index (κ2) is 6.55. The van der Waals surface area contributed by atoms with Crippen molar-refractivity contribution in [2.45, 2.75) is 66.9 Å². The Morgan fingerprint density at radius 3 is 2.11 bits per heavy atom. The Morgan fingerprint density at radius 1 is 1.22 bits per heavy atom. The van der Waals surface area contributed by atoms with E-state index in [4.69, 9.17) is 0 Å². The van der Waals surface area contributed by atoms with Crippen molar-refractivity contribution >= 4 is 5.91 Å². The summed E-state index contributed by atoms with van der Waals surface area (Å²) in [5.41, 5.74) is -1.21. The molecule has 1 amide bonds. The van der Waals surface area contributed by atoms with Crippen LogP contribution >= 0.6 is 0 Å². The maximum atomic E-state index is 12.1. The molecule has 0 aromatic carbocycles. The smallest absolute Gasteiger partial charge is 0.225 e. The van der Waals surface area contributed by atoms with E-state index in [0.29, 0.717) is 12.5 Å². The molecule has 0 heterocycles. The van der Waals surface area contributed by atoms with Gasteiger partial charge < -0.3 is 10.4 Å². The highest BCUT2D eigenvalue weighted by Gasteiger charge is 2.32. The molecule has 0 aliphatic rings. The van der Waals surface area contributed by atoms with E-state index in [1.54, 1.807) is 6.92 Å². The molecule has 0 aliphatic carbocycles. The van der Waals surface area contributed by atoms with Crippen molar-refractivity contribution in [3.8, 4) is 0 Å². The van der Waals surface area contributed by atoms with Gasteiger partial charge in [-0.15, -0.1) is 0 Å². The highest BCUT2D eigenvalue weighted by Crippen LogP contribution is 2.26. The minimum absolute atomic E-state index is 0.0276. The van der Waals surface area contributed by atoms with E-state index >= 15 is 0 Å². The Morgan fingerprint density at radius 2 is 1.72 bits per heavy atom. The molecule has 0 saturated carbocycles. The van der Waals surface area contributed by atoms with Crippen molar-refractivity contribution in [3.63, 3.8) is 0 Å². The Hall–Kier alpha value is -0.570. The maximum absolute atomic E-state index is 12.1. The van der Waals surface area contributed by atoms with Crippen LogP contribution in [0.4, 0.5) is 0 Å². The minimum Gasteiger partial charge on any atom is -0.388 e. The van der Waals surface area contributed by atoms with Gasteiger partial charge in [-0.1, -0.05) is 48.0 Å². The first-order valence-electron chi connectivity index (χ1n) is 7.03. The lowest BCUT2D eigenvalue weighted by Crippen LogP contribution is -2.48. The van der Waals surface area contributed by atoms with Crippen LogP contribution in [-0.4, -0.2) is 23.2 Å². The third kappa shape index (κ3) is 5.38. The molecular weight excluding hydrogens is 226 g/mol. The molecule has 0 spiro atoms. The number of nitrogens with one attached hydrogen (secondary N) is 1. The molecule has 0 rings (SSSR count). The highest BCUT2D eigenvalue weighted by atomic mass is 16.3. The highest BCUT2D eigenvalue weighted by molar-refractivity contribution is 5.81. The summed E-state index contributed by atoms with van der Waals surface area (Å²) in [7, 11) is 0. The van der Waals surface area contributed by atoms with Gasteiger partial charge in [-0.2, -0.15) is 0 Å². The second-order valence-electron chi connectivity index (χ2n) is 6.83. The van der Waals surface area contributed by atoms with E-state index in [2.05, 4.69) is 19.2 Å². The van der Waals surface area contributed by atoms with Crippen LogP contribution < -0.4 is 5.32 Å². The number of amides is 1. The topological polar surface area (TPSA) is 49.3 Å². The van der Waals surface area contributed by atoms with Crippen molar-refractivity contribution < 1.29 is 9.90 Å². The molecular formula is C15H31NO2. The second-order valence-corrected chi connectivity index (χ2v) is 6.83. The van der Waals surface area contributed by atoms with Crippen molar-refractivity contribution in [3.05, 3.63) is 0 Å². The first kappa shape index (κ1) is 17.4. The van der Waals surface area contributed by atoms with E-state index in [0.717, 1.165) is 12.8 Å². The molecule has 0 bridgehead atoms. The van der Waals surface area contributed by atoms with Gasteiger partial charge in [-0.3, -0.25) is 4.79 Å². The zero-order valence-electron chi connectivity index (χ0n) is 13.1. The van der Waals surface area contributed by atoms with Crippen LogP contribution in [0.2, 0.25) is 0 Å². The summed E-state index contributed by atoms with van der Waals surface area (Å²) < 4.78 is 0. The predicted molar refractivity (Wildman–Crippen MR) is 76.3 cm³/mol. The molecule has 3 heteroatoms. The molecule has 3 nitrogen and oxygen atoms in total. The molecule has 18 heavy (non-hydrogen) atoms. The van der Waals surface area contributed by atoms with Gasteiger partial charge in [-0.05, 0) is 25.2 Å². The fourth-order valence-electron chi connectivity index (χ4n) is 2.23. The summed E-state index contributed by atoms with van der Waals surface area (Å²) >= 11 is 0. The van der Waals surface area contributed by atoms with Crippen molar-refractivity contribution in [2.24, 2.45) is 17.3 Å². The molecule has 0 aliphatic heterocycles. The van der Waals surface area contributed by atoms with Gasteiger partial charge >= 0.3 is 0 Å². The van der Waals surface area contributed by atoms with Crippen LogP contribution in [0, 0.1) is 17.3 Å². The van der Waals surface area contributed by atoms with Gasteiger partial charge in [0.1, 0.15) is 0 Å². The Labute approximate surface area is 112 Å². The molecule has 2 unspecified atom stereocenters. The summed E-state index contributed by atoms with van der Waals surface area (Å²) in [6.45, 7) is 14.3. The van der Waals surface area contributed by atoms with Crippen molar-refractivity contribution in [1.29, 1.82) is 0 Å². The fourth-order valence-corrected chi connectivity index (χ4v) is 2.23. The fraction of sp³-hybridized carbons (Fsp3) is 0.933. The third-order valence-electron chi connectivity index (χ3n) is 3.81. The van der Waals surface area contributed by atoms with Gasteiger partial charge in [0.05, 0.1) is 5.60 Å². The lowest BCUT2D eigenvalue weighted by Gasteiger charge is -2.32. The number of carbonyl (C=O) groups is 1. The summed E-state index contributed by atoms with van der Waals surface area (Å²) in [5.74, 6) is 0.687. The largest absolute Gasteiger partial charge is 0.388 e. The molecule has 0 radical (unpaired) electrons. The van der Waals surface area contributed by atoms with Gasteiger partial charge in [0, 0.05) is 12.0 Å². The van der Waals surface area contributed by atoms with Crippen LogP contribution in [0.5, 0.6) is 0 Å². The normalized spacial score (nSPS) is 17.4. The summed E-state index contributed by atoms with van der Waals surface area (Å²) in [5, 5.41) is 13.2. The summed E-state index contributed by atoms with van der Waals surface area (Å²) in [6.07, 6.45) is 1.75. The quantitative estimate of drug-likeness (QED) is 0.736. The van der Waals surface area contributed by atoms with Crippen LogP contribution in [0.1, 0.15) is 61.3 Å². The maximum Gasteiger partial charge on any atom is 0.225 e. The molecule has 0 saturated heterocycles.